The summed E-state index contributed by atoms with van der Waals surface area (Å²) in [5, 5.41) is 3.36. The van der Waals surface area contributed by atoms with Crippen LogP contribution in [0.5, 0.6) is 0 Å². The van der Waals surface area contributed by atoms with E-state index < -0.39 is 21.9 Å². The van der Waals surface area contributed by atoms with Crippen molar-refractivity contribution in [1.29, 1.82) is 0 Å². The molecule has 0 radical (unpaired) electrons. The number of fused-ring (bicyclic) bond motifs is 1. The Hall–Kier alpha value is -3.09. The number of carbonyl (C=O) groups excluding carboxylic acids is 2. The highest BCUT2D eigenvalue weighted by Crippen LogP contribution is 2.38. The molecular weight excluding hydrogens is 562 g/mol. The van der Waals surface area contributed by atoms with E-state index in [-0.39, 0.29) is 36.8 Å². The van der Waals surface area contributed by atoms with Crippen LogP contribution in [-0.2, 0) is 39.0 Å². The minimum atomic E-state index is -3.73. The smallest absolute Gasteiger partial charge is 0.341 e. The molecule has 1 fully saturated rings. The zero-order valence-corrected chi connectivity index (χ0v) is 25.1. The van der Waals surface area contributed by atoms with Gasteiger partial charge in [0.1, 0.15) is 5.00 Å². The number of nitrogens with zero attached hydrogens (tertiary/aromatic N) is 2. The van der Waals surface area contributed by atoms with E-state index in [2.05, 4.69) is 22.3 Å². The standard InChI is InChI=1S/C30H35N3O6S2/c1-4-38-30(35)27-25-14-15-32(18-22-8-6-5-7-9-22)19-26(25)40-29(27)31-28(34)23-10-12-24(13-11-23)41(36,37)33-16-20(2)39-21(3)17-33/h5-13,20-21H,4,14-19H2,1-3H3,(H,31,34)/t20-,21-/m0/s1. The monoisotopic (exact) mass is 597 g/mol. The van der Waals surface area contributed by atoms with Crippen molar-refractivity contribution in [3.05, 3.63) is 81.7 Å². The Balaban J connectivity index is 1.34. The Labute approximate surface area is 245 Å². The first-order chi connectivity index (χ1) is 19.7. The number of morpholine rings is 1. The minimum absolute atomic E-state index is 0.118. The molecule has 3 heterocycles. The van der Waals surface area contributed by atoms with E-state index in [1.54, 1.807) is 6.92 Å². The number of benzene rings is 2. The maximum atomic E-state index is 13.3. The molecule has 1 N–H and O–H groups in total. The summed E-state index contributed by atoms with van der Waals surface area (Å²) in [4.78, 5) is 29.7. The highest BCUT2D eigenvalue weighted by molar-refractivity contribution is 7.89. The van der Waals surface area contributed by atoms with Gasteiger partial charge in [0.05, 0.1) is 29.3 Å². The third kappa shape index (κ3) is 6.54. The van der Waals surface area contributed by atoms with Gasteiger partial charge >= 0.3 is 5.97 Å². The predicted molar refractivity (Wildman–Crippen MR) is 158 cm³/mol. The number of ether oxygens (including phenoxy) is 2. The zero-order chi connectivity index (χ0) is 29.1. The number of sulfonamides is 1. The number of thiophene rings is 1. The highest BCUT2D eigenvalue weighted by Gasteiger charge is 2.33. The first-order valence-electron chi connectivity index (χ1n) is 13.8. The van der Waals surface area contributed by atoms with Gasteiger partial charge in [0.25, 0.3) is 5.91 Å². The molecule has 5 rings (SSSR count). The van der Waals surface area contributed by atoms with Crippen LogP contribution < -0.4 is 5.32 Å². The number of nitrogens with one attached hydrogen (secondary N) is 1. The summed E-state index contributed by atoms with van der Waals surface area (Å²) in [5.74, 6) is -0.875. The number of anilines is 1. The van der Waals surface area contributed by atoms with Crippen LogP contribution in [0.3, 0.4) is 0 Å². The molecule has 218 valence electrons. The molecule has 0 spiro atoms. The summed E-state index contributed by atoms with van der Waals surface area (Å²) < 4.78 is 38.8. The van der Waals surface area contributed by atoms with Gasteiger partial charge in [-0.05, 0) is 62.6 Å². The summed E-state index contributed by atoms with van der Waals surface area (Å²) in [6.45, 7) is 8.48. The van der Waals surface area contributed by atoms with Crippen LogP contribution in [0.4, 0.5) is 5.00 Å². The molecule has 2 aliphatic heterocycles. The fraction of sp³-hybridized carbons (Fsp3) is 0.400. The zero-order valence-electron chi connectivity index (χ0n) is 23.5. The number of rotatable bonds is 8. The molecule has 0 bridgehead atoms. The SMILES string of the molecule is CCOC(=O)c1c(NC(=O)c2ccc(S(=O)(=O)N3C[C@H](C)O[C@@H](C)C3)cc2)sc2c1CCN(Cc1ccccc1)C2. The van der Waals surface area contributed by atoms with Crippen molar-refractivity contribution in [3.8, 4) is 0 Å². The van der Waals surface area contributed by atoms with Crippen LogP contribution >= 0.6 is 11.3 Å². The molecule has 0 aliphatic carbocycles. The summed E-state index contributed by atoms with van der Waals surface area (Å²) in [5.41, 5.74) is 2.84. The van der Waals surface area contributed by atoms with Crippen LogP contribution in [-0.4, -0.2) is 67.9 Å². The lowest BCUT2D eigenvalue weighted by Gasteiger charge is -2.34. The Kier molecular flexibility index (Phi) is 8.91. The Morgan fingerprint density at radius 1 is 1.05 bits per heavy atom. The molecule has 2 aliphatic rings. The number of esters is 1. The second-order valence-corrected chi connectivity index (χ2v) is 13.5. The van der Waals surface area contributed by atoms with Crippen molar-refractivity contribution in [1.82, 2.24) is 9.21 Å². The second kappa shape index (κ2) is 12.4. The van der Waals surface area contributed by atoms with Crippen LogP contribution in [0, 0.1) is 0 Å². The average molecular weight is 598 g/mol. The third-order valence-corrected chi connectivity index (χ3v) is 10.2. The van der Waals surface area contributed by atoms with Crippen molar-refractivity contribution in [2.75, 3.05) is 31.6 Å². The van der Waals surface area contributed by atoms with Crippen LogP contribution in [0.2, 0.25) is 0 Å². The maximum Gasteiger partial charge on any atom is 0.341 e. The van der Waals surface area contributed by atoms with Gasteiger partial charge in [-0.3, -0.25) is 9.69 Å². The summed E-state index contributed by atoms with van der Waals surface area (Å²) in [6.07, 6.45) is 0.275. The lowest BCUT2D eigenvalue weighted by molar-refractivity contribution is -0.0440. The normalized spacial score (nSPS) is 19.9. The van der Waals surface area contributed by atoms with Crippen molar-refractivity contribution in [2.45, 2.75) is 57.4 Å². The Morgan fingerprint density at radius 2 is 1.73 bits per heavy atom. The van der Waals surface area contributed by atoms with Gasteiger partial charge in [-0.15, -0.1) is 11.3 Å². The van der Waals surface area contributed by atoms with E-state index in [1.165, 1.54) is 45.5 Å². The highest BCUT2D eigenvalue weighted by atomic mass is 32.2. The van der Waals surface area contributed by atoms with Gasteiger partial charge in [-0.1, -0.05) is 30.3 Å². The van der Waals surface area contributed by atoms with E-state index in [1.807, 2.05) is 32.0 Å². The molecule has 1 saturated heterocycles. The van der Waals surface area contributed by atoms with Gasteiger partial charge in [0, 0.05) is 43.2 Å². The Morgan fingerprint density at radius 3 is 2.39 bits per heavy atom. The fourth-order valence-corrected chi connectivity index (χ4v) is 8.23. The van der Waals surface area contributed by atoms with Gasteiger partial charge in [0.15, 0.2) is 0 Å². The first kappa shape index (κ1) is 29.4. The summed E-state index contributed by atoms with van der Waals surface area (Å²) in [7, 11) is -3.73. The van der Waals surface area contributed by atoms with Crippen LogP contribution in [0.1, 0.15) is 57.5 Å². The second-order valence-electron chi connectivity index (χ2n) is 10.4. The lowest BCUT2D eigenvalue weighted by atomic mass is 10.0. The van der Waals surface area contributed by atoms with Crippen molar-refractivity contribution >= 4 is 38.2 Å². The van der Waals surface area contributed by atoms with Gasteiger partial charge in [-0.25, -0.2) is 13.2 Å². The van der Waals surface area contributed by atoms with E-state index in [4.69, 9.17) is 9.47 Å². The average Bonchev–Trinajstić information content (AvgIpc) is 3.30. The topological polar surface area (TPSA) is 105 Å². The minimum Gasteiger partial charge on any atom is -0.462 e. The van der Waals surface area contributed by atoms with Crippen molar-refractivity contribution < 1.29 is 27.5 Å². The number of hydrogen-bond acceptors (Lipinski definition) is 8. The molecule has 2 atom stereocenters. The fourth-order valence-electron chi connectivity index (χ4n) is 5.37. The van der Waals surface area contributed by atoms with Gasteiger partial charge < -0.3 is 14.8 Å². The predicted octanol–water partition coefficient (Wildman–Crippen LogP) is 4.53. The molecule has 41 heavy (non-hydrogen) atoms. The number of amides is 1. The maximum absolute atomic E-state index is 13.3. The van der Waals surface area contributed by atoms with Crippen LogP contribution in [0.15, 0.2) is 59.5 Å². The van der Waals surface area contributed by atoms with Crippen molar-refractivity contribution in [3.63, 3.8) is 0 Å². The van der Waals surface area contributed by atoms with E-state index >= 15 is 0 Å². The molecule has 1 amide bonds. The van der Waals surface area contributed by atoms with Crippen molar-refractivity contribution in [2.24, 2.45) is 0 Å². The van der Waals surface area contributed by atoms with Gasteiger partial charge in [0.2, 0.25) is 10.0 Å². The summed E-state index contributed by atoms with van der Waals surface area (Å²) >= 11 is 1.39. The molecule has 9 nitrogen and oxygen atoms in total. The molecule has 1 aromatic heterocycles. The number of hydrogen-bond donors (Lipinski definition) is 1. The van der Waals surface area contributed by atoms with E-state index in [0.717, 1.165) is 23.5 Å². The van der Waals surface area contributed by atoms with Crippen LogP contribution in [0.25, 0.3) is 0 Å². The molecule has 11 heteroatoms. The van der Waals surface area contributed by atoms with Gasteiger partial charge in [-0.2, -0.15) is 4.31 Å². The summed E-state index contributed by atoms with van der Waals surface area (Å²) in [6, 6.07) is 16.1. The third-order valence-electron chi connectivity index (χ3n) is 7.23. The lowest BCUT2D eigenvalue weighted by Crippen LogP contribution is -2.48. The molecule has 2 aromatic carbocycles. The molecular formula is C30H35N3O6S2. The largest absolute Gasteiger partial charge is 0.462 e. The molecule has 0 saturated carbocycles. The Bertz CT molecular complexity index is 1490. The van der Waals surface area contributed by atoms with E-state index in [0.29, 0.717) is 29.1 Å². The molecule has 0 unspecified atom stereocenters. The van der Waals surface area contributed by atoms with E-state index in [9.17, 15) is 18.0 Å². The number of carbonyl (C=O) groups is 2. The molecule has 3 aromatic rings. The first-order valence-corrected chi connectivity index (χ1v) is 16.1. The quantitative estimate of drug-likeness (QED) is 0.381.